The van der Waals surface area contributed by atoms with E-state index in [0.717, 1.165) is 13.0 Å². The lowest BCUT2D eigenvalue weighted by molar-refractivity contribution is -0.158. The molecule has 0 saturated carbocycles. The highest BCUT2D eigenvalue weighted by atomic mass is 16.6. The minimum Gasteiger partial charge on any atom is -0.465 e. The SMILES string of the molecule is CCOC(=O)C(C(=O)OCC)C(=O)c1ccc(OC(C)=O)cc1OC(C)=O. The van der Waals surface area contributed by atoms with Crippen LogP contribution in [0.1, 0.15) is 38.1 Å². The van der Waals surface area contributed by atoms with Gasteiger partial charge in [-0.15, -0.1) is 0 Å². The van der Waals surface area contributed by atoms with Crippen LogP contribution in [0.25, 0.3) is 0 Å². The maximum atomic E-state index is 12.8. The van der Waals surface area contributed by atoms with Crippen LogP contribution in [0.3, 0.4) is 0 Å². The van der Waals surface area contributed by atoms with E-state index in [-0.39, 0.29) is 30.3 Å². The Morgan fingerprint density at radius 1 is 0.852 bits per heavy atom. The molecule has 0 aromatic heterocycles. The van der Waals surface area contributed by atoms with Crippen molar-refractivity contribution in [2.45, 2.75) is 27.7 Å². The molecule has 0 bridgehead atoms. The third-order valence-corrected chi connectivity index (χ3v) is 3.04. The van der Waals surface area contributed by atoms with Gasteiger partial charge in [0, 0.05) is 19.9 Å². The van der Waals surface area contributed by atoms with Crippen LogP contribution < -0.4 is 9.47 Å². The van der Waals surface area contributed by atoms with E-state index in [0.29, 0.717) is 0 Å². The van der Waals surface area contributed by atoms with Gasteiger partial charge in [0.2, 0.25) is 5.92 Å². The third kappa shape index (κ3) is 6.21. The fraction of sp³-hybridized carbons (Fsp3) is 0.389. The summed E-state index contributed by atoms with van der Waals surface area (Å²) in [5, 5.41) is 0. The summed E-state index contributed by atoms with van der Waals surface area (Å²) < 4.78 is 19.4. The molecule has 0 fully saturated rings. The number of esters is 4. The summed E-state index contributed by atoms with van der Waals surface area (Å²) in [5.41, 5.74) is -0.243. The van der Waals surface area contributed by atoms with Crippen molar-refractivity contribution in [1.29, 1.82) is 0 Å². The second kappa shape index (κ2) is 10.0. The van der Waals surface area contributed by atoms with Crippen LogP contribution in [0.5, 0.6) is 11.5 Å². The summed E-state index contributed by atoms with van der Waals surface area (Å²) in [6, 6.07) is 3.56. The number of Topliss-reactive ketones (excluding diaryl/α,β-unsaturated/α-hetero) is 1. The minimum atomic E-state index is -1.88. The van der Waals surface area contributed by atoms with E-state index in [4.69, 9.17) is 18.9 Å². The molecule has 0 radical (unpaired) electrons. The van der Waals surface area contributed by atoms with Crippen LogP contribution in [0.4, 0.5) is 0 Å². The molecule has 9 heteroatoms. The highest BCUT2D eigenvalue weighted by Gasteiger charge is 2.39. The first-order valence-electron chi connectivity index (χ1n) is 8.09. The van der Waals surface area contributed by atoms with Gasteiger partial charge < -0.3 is 18.9 Å². The van der Waals surface area contributed by atoms with Crippen molar-refractivity contribution in [2.24, 2.45) is 5.92 Å². The van der Waals surface area contributed by atoms with E-state index in [1.165, 1.54) is 32.9 Å². The molecule has 0 heterocycles. The second-order valence-electron chi connectivity index (χ2n) is 5.15. The molecule has 0 spiro atoms. The zero-order chi connectivity index (χ0) is 20.6. The molecule has 1 aromatic rings. The van der Waals surface area contributed by atoms with Gasteiger partial charge in [0.25, 0.3) is 0 Å². The van der Waals surface area contributed by atoms with Gasteiger partial charge >= 0.3 is 23.9 Å². The van der Waals surface area contributed by atoms with Gasteiger partial charge in [-0.25, -0.2) is 0 Å². The number of rotatable bonds is 8. The lowest BCUT2D eigenvalue weighted by Gasteiger charge is -2.16. The normalized spacial score (nSPS) is 10.1. The Morgan fingerprint density at radius 2 is 1.37 bits per heavy atom. The van der Waals surface area contributed by atoms with Crippen molar-refractivity contribution < 1.29 is 42.9 Å². The largest absolute Gasteiger partial charge is 0.465 e. The van der Waals surface area contributed by atoms with Gasteiger partial charge in [-0.05, 0) is 26.0 Å². The van der Waals surface area contributed by atoms with E-state index in [9.17, 15) is 24.0 Å². The fourth-order valence-electron chi connectivity index (χ4n) is 2.09. The van der Waals surface area contributed by atoms with Crippen molar-refractivity contribution in [3.63, 3.8) is 0 Å². The molecule has 0 saturated heterocycles. The summed E-state index contributed by atoms with van der Waals surface area (Å²) in [6.45, 7) is 5.20. The van der Waals surface area contributed by atoms with E-state index < -0.39 is 35.6 Å². The molecule has 0 unspecified atom stereocenters. The van der Waals surface area contributed by atoms with Crippen LogP contribution in [0.2, 0.25) is 0 Å². The standard InChI is InChI=1S/C18H20O9/c1-5-24-17(22)15(18(23)25-6-2)16(21)13-8-7-12(26-10(3)19)9-14(13)27-11(4)20/h7-9,15H,5-6H2,1-4H3. The summed E-state index contributed by atoms with van der Waals surface area (Å²) in [6.07, 6.45) is 0. The van der Waals surface area contributed by atoms with Crippen LogP contribution in [-0.2, 0) is 28.7 Å². The predicted molar refractivity (Wildman–Crippen MR) is 90.1 cm³/mol. The maximum Gasteiger partial charge on any atom is 0.328 e. The minimum absolute atomic E-state index is 0.0131. The van der Waals surface area contributed by atoms with Crippen molar-refractivity contribution in [2.75, 3.05) is 13.2 Å². The monoisotopic (exact) mass is 380 g/mol. The Morgan fingerprint density at radius 3 is 1.81 bits per heavy atom. The average molecular weight is 380 g/mol. The molecule has 146 valence electrons. The predicted octanol–water partition coefficient (Wildman–Crippen LogP) is 1.46. The van der Waals surface area contributed by atoms with Crippen LogP contribution in [0.15, 0.2) is 18.2 Å². The van der Waals surface area contributed by atoms with Crippen LogP contribution in [-0.4, -0.2) is 42.9 Å². The van der Waals surface area contributed by atoms with Gasteiger partial charge in [0.15, 0.2) is 5.78 Å². The number of ketones is 1. The molecule has 27 heavy (non-hydrogen) atoms. The van der Waals surface area contributed by atoms with Gasteiger partial charge in [-0.2, -0.15) is 0 Å². The number of carbonyl (C=O) groups excluding carboxylic acids is 5. The zero-order valence-electron chi connectivity index (χ0n) is 15.4. The van der Waals surface area contributed by atoms with E-state index in [1.54, 1.807) is 0 Å². The summed E-state index contributed by atoms with van der Waals surface area (Å²) >= 11 is 0. The molecular weight excluding hydrogens is 360 g/mol. The number of ether oxygens (including phenoxy) is 4. The van der Waals surface area contributed by atoms with Crippen molar-refractivity contribution >= 4 is 29.7 Å². The molecule has 0 N–H and O–H groups in total. The molecule has 0 aliphatic rings. The Bertz CT molecular complexity index is 733. The van der Waals surface area contributed by atoms with Crippen LogP contribution in [0, 0.1) is 5.92 Å². The summed E-state index contributed by atoms with van der Waals surface area (Å²) in [4.78, 5) is 59.4. The maximum absolute atomic E-state index is 12.8. The quantitative estimate of drug-likeness (QED) is 0.285. The fourth-order valence-corrected chi connectivity index (χ4v) is 2.09. The van der Waals surface area contributed by atoms with E-state index >= 15 is 0 Å². The highest BCUT2D eigenvalue weighted by Crippen LogP contribution is 2.28. The first-order valence-corrected chi connectivity index (χ1v) is 8.09. The molecular formula is C18H20O9. The Balaban J connectivity index is 3.37. The molecule has 0 amide bonds. The lowest BCUT2D eigenvalue weighted by atomic mass is 9.96. The number of hydrogen-bond acceptors (Lipinski definition) is 9. The molecule has 1 rings (SSSR count). The van der Waals surface area contributed by atoms with Crippen molar-refractivity contribution in [1.82, 2.24) is 0 Å². The van der Waals surface area contributed by atoms with E-state index in [2.05, 4.69) is 0 Å². The first kappa shape index (κ1) is 21.8. The number of benzene rings is 1. The smallest absolute Gasteiger partial charge is 0.328 e. The van der Waals surface area contributed by atoms with E-state index in [1.807, 2.05) is 0 Å². The molecule has 1 aromatic carbocycles. The Labute approximate surface area is 155 Å². The summed E-state index contributed by atoms with van der Waals surface area (Å²) in [7, 11) is 0. The Hall–Kier alpha value is -3.23. The van der Waals surface area contributed by atoms with Crippen molar-refractivity contribution in [3.05, 3.63) is 23.8 Å². The summed E-state index contributed by atoms with van der Waals surface area (Å²) in [5.74, 6) is -6.66. The molecule has 0 aliphatic carbocycles. The third-order valence-electron chi connectivity index (χ3n) is 3.04. The number of carbonyl (C=O) groups is 5. The van der Waals surface area contributed by atoms with Gasteiger partial charge in [-0.1, -0.05) is 0 Å². The lowest BCUT2D eigenvalue weighted by Crippen LogP contribution is -2.35. The molecule has 0 atom stereocenters. The topological polar surface area (TPSA) is 122 Å². The molecule has 9 nitrogen and oxygen atoms in total. The Kier molecular flexibility index (Phi) is 8.12. The highest BCUT2D eigenvalue weighted by molar-refractivity contribution is 6.21. The average Bonchev–Trinajstić information content (AvgIpc) is 2.54. The van der Waals surface area contributed by atoms with Gasteiger partial charge in [-0.3, -0.25) is 24.0 Å². The van der Waals surface area contributed by atoms with Crippen molar-refractivity contribution in [3.8, 4) is 11.5 Å². The van der Waals surface area contributed by atoms with Gasteiger partial charge in [0.1, 0.15) is 11.5 Å². The van der Waals surface area contributed by atoms with Crippen LogP contribution >= 0.6 is 0 Å². The first-order chi connectivity index (χ1) is 12.7. The van der Waals surface area contributed by atoms with Gasteiger partial charge in [0.05, 0.1) is 18.8 Å². The molecule has 0 aliphatic heterocycles. The zero-order valence-corrected chi connectivity index (χ0v) is 15.4. The number of hydrogen-bond donors (Lipinski definition) is 0. The second-order valence-corrected chi connectivity index (χ2v) is 5.15.